The minimum atomic E-state index is -3.31. The van der Waals surface area contributed by atoms with Gasteiger partial charge in [-0.05, 0) is 31.0 Å². The molecular weight excluding hydrogens is 297 g/mol. The minimum absolute atomic E-state index is 0.0817. The zero-order valence-electron chi connectivity index (χ0n) is 11.7. The van der Waals surface area contributed by atoms with Gasteiger partial charge in [-0.3, -0.25) is 4.79 Å². The van der Waals surface area contributed by atoms with E-state index in [0.717, 1.165) is 12.3 Å². The van der Waals surface area contributed by atoms with Crippen molar-refractivity contribution in [2.45, 2.75) is 18.9 Å². The first-order chi connectivity index (χ1) is 9.76. The Hall–Kier alpha value is -1.67. The number of nitrogens with one attached hydrogen (secondary N) is 1. The van der Waals surface area contributed by atoms with Crippen molar-refractivity contribution in [3.63, 3.8) is 0 Å². The molecule has 6 nitrogen and oxygen atoms in total. The van der Waals surface area contributed by atoms with Crippen LogP contribution in [0.4, 0.5) is 10.1 Å². The molecule has 116 valence electrons. The van der Waals surface area contributed by atoms with Crippen molar-refractivity contribution in [3.8, 4) is 0 Å². The Morgan fingerprint density at radius 2 is 2.19 bits per heavy atom. The van der Waals surface area contributed by atoms with E-state index in [9.17, 15) is 17.6 Å². The lowest BCUT2D eigenvalue weighted by molar-refractivity contribution is 0.0704. The van der Waals surface area contributed by atoms with Gasteiger partial charge in [0.25, 0.3) is 5.91 Å². The van der Waals surface area contributed by atoms with Crippen LogP contribution in [0.5, 0.6) is 0 Å². The van der Waals surface area contributed by atoms with Gasteiger partial charge >= 0.3 is 0 Å². The average molecular weight is 315 g/mol. The summed E-state index contributed by atoms with van der Waals surface area (Å²) in [5.74, 6) is -0.813. The molecule has 1 unspecified atom stereocenters. The molecule has 0 bridgehead atoms. The van der Waals surface area contributed by atoms with Crippen LogP contribution in [0.15, 0.2) is 18.2 Å². The lowest BCUT2D eigenvalue weighted by atomic mass is 10.0. The normalized spacial score (nSPS) is 19.5. The first-order valence-electron chi connectivity index (χ1n) is 6.58. The number of anilines is 1. The van der Waals surface area contributed by atoms with Gasteiger partial charge in [0.1, 0.15) is 5.82 Å². The Morgan fingerprint density at radius 1 is 1.48 bits per heavy atom. The van der Waals surface area contributed by atoms with Crippen LogP contribution in [0, 0.1) is 5.82 Å². The topological polar surface area (TPSA) is 92.5 Å². The van der Waals surface area contributed by atoms with E-state index in [4.69, 9.17) is 5.73 Å². The Kier molecular flexibility index (Phi) is 4.48. The predicted octanol–water partition coefficient (Wildman–Crippen LogP) is 0.562. The van der Waals surface area contributed by atoms with E-state index in [1.807, 2.05) is 0 Å². The van der Waals surface area contributed by atoms with Gasteiger partial charge in [-0.1, -0.05) is 0 Å². The molecule has 0 spiro atoms. The first-order valence-corrected chi connectivity index (χ1v) is 8.47. The second kappa shape index (κ2) is 5.98. The van der Waals surface area contributed by atoms with E-state index in [1.54, 1.807) is 0 Å². The van der Waals surface area contributed by atoms with Gasteiger partial charge in [0.15, 0.2) is 0 Å². The standard InChI is InChI=1S/C13H18FN3O3S/c1-21(19,20)16-10-3-2-6-17(8-10)13(18)11-5-4-9(14)7-12(11)15/h4-5,7,10,16H,2-3,6,8,15H2,1H3. The number of nitrogens with zero attached hydrogens (tertiary/aromatic N) is 1. The second-order valence-corrected chi connectivity index (χ2v) is 6.99. The Morgan fingerprint density at radius 3 is 2.81 bits per heavy atom. The molecule has 1 amide bonds. The van der Waals surface area contributed by atoms with Crippen molar-refractivity contribution in [1.82, 2.24) is 9.62 Å². The summed E-state index contributed by atoms with van der Waals surface area (Å²) in [6.07, 6.45) is 2.46. The molecule has 1 saturated heterocycles. The number of amides is 1. The Labute approximate surface area is 123 Å². The lowest BCUT2D eigenvalue weighted by Gasteiger charge is -2.33. The van der Waals surface area contributed by atoms with E-state index in [-0.39, 0.29) is 29.7 Å². The molecule has 1 atom stereocenters. The van der Waals surface area contributed by atoms with Crippen LogP contribution in [-0.4, -0.2) is 44.6 Å². The van der Waals surface area contributed by atoms with E-state index >= 15 is 0 Å². The highest BCUT2D eigenvalue weighted by Gasteiger charge is 2.27. The van der Waals surface area contributed by atoms with E-state index in [0.29, 0.717) is 19.4 Å². The molecule has 21 heavy (non-hydrogen) atoms. The van der Waals surface area contributed by atoms with Crippen molar-refractivity contribution in [3.05, 3.63) is 29.6 Å². The van der Waals surface area contributed by atoms with Crippen molar-refractivity contribution in [1.29, 1.82) is 0 Å². The highest BCUT2D eigenvalue weighted by atomic mass is 32.2. The molecule has 8 heteroatoms. The maximum absolute atomic E-state index is 13.0. The molecule has 2 rings (SSSR count). The highest BCUT2D eigenvalue weighted by molar-refractivity contribution is 7.88. The smallest absolute Gasteiger partial charge is 0.256 e. The number of carbonyl (C=O) groups excluding carboxylic acids is 1. The largest absolute Gasteiger partial charge is 0.398 e. The summed E-state index contributed by atoms with van der Waals surface area (Å²) in [6.45, 7) is 0.806. The molecule has 0 aliphatic carbocycles. The number of rotatable bonds is 3. The molecule has 1 aromatic rings. The molecule has 1 aliphatic rings. The maximum Gasteiger partial charge on any atom is 0.256 e. The van der Waals surface area contributed by atoms with Crippen LogP contribution in [0.3, 0.4) is 0 Å². The SMILES string of the molecule is CS(=O)(=O)NC1CCCN(C(=O)c2ccc(F)cc2N)C1. The molecule has 0 saturated carbocycles. The van der Waals surface area contributed by atoms with E-state index in [2.05, 4.69) is 4.72 Å². The van der Waals surface area contributed by atoms with Crippen molar-refractivity contribution < 1.29 is 17.6 Å². The minimum Gasteiger partial charge on any atom is -0.398 e. The van der Waals surface area contributed by atoms with E-state index in [1.165, 1.54) is 17.0 Å². The molecule has 0 aromatic heterocycles. The number of benzene rings is 1. The molecule has 1 heterocycles. The Bertz CT molecular complexity index is 648. The van der Waals surface area contributed by atoms with Gasteiger partial charge in [0.05, 0.1) is 11.8 Å². The van der Waals surface area contributed by atoms with E-state index < -0.39 is 15.8 Å². The van der Waals surface area contributed by atoms with Crippen molar-refractivity contribution in [2.24, 2.45) is 0 Å². The van der Waals surface area contributed by atoms with Crippen LogP contribution in [0.2, 0.25) is 0 Å². The third kappa shape index (κ3) is 4.15. The number of nitrogens with two attached hydrogens (primary N) is 1. The number of hydrogen-bond acceptors (Lipinski definition) is 4. The predicted molar refractivity (Wildman–Crippen MR) is 77.7 cm³/mol. The second-order valence-electron chi connectivity index (χ2n) is 5.21. The number of halogens is 1. The summed E-state index contributed by atoms with van der Waals surface area (Å²) in [5.41, 5.74) is 5.98. The number of sulfonamides is 1. The zero-order valence-corrected chi connectivity index (χ0v) is 12.5. The molecule has 3 N–H and O–H groups in total. The van der Waals surface area contributed by atoms with Crippen molar-refractivity contribution >= 4 is 21.6 Å². The van der Waals surface area contributed by atoms with Crippen LogP contribution in [0.25, 0.3) is 0 Å². The molecule has 0 radical (unpaired) electrons. The summed E-state index contributed by atoms with van der Waals surface area (Å²) in [5, 5.41) is 0. The number of likely N-dealkylation sites (tertiary alicyclic amines) is 1. The number of piperidine rings is 1. The molecule has 1 aliphatic heterocycles. The third-order valence-corrected chi connectivity index (χ3v) is 4.09. The Balaban J connectivity index is 2.12. The summed E-state index contributed by atoms with van der Waals surface area (Å²) >= 11 is 0. The number of carbonyl (C=O) groups is 1. The fourth-order valence-corrected chi connectivity index (χ4v) is 3.26. The summed E-state index contributed by atoms with van der Waals surface area (Å²) < 4.78 is 38.0. The van der Waals surface area contributed by atoms with Crippen molar-refractivity contribution in [2.75, 3.05) is 25.1 Å². The number of hydrogen-bond donors (Lipinski definition) is 2. The first kappa shape index (κ1) is 15.7. The summed E-state index contributed by atoms with van der Waals surface area (Å²) in [7, 11) is -3.31. The van der Waals surface area contributed by atoms with Gasteiger partial charge in [-0.2, -0.15) is 0 Å². The third-order valence-electron chi connectivity index (χ3n) is 3.33. The summed E-state index contributed by atoms with van der Waals surface area (Å²) in [4.78, 5) is 13.9. The molecule has 1 fully saturated rings. The molecule has 1 aromatic carbocycles. The fraction of sp³-hybridized carbons (Fsp3) is 0.462. The molecular formula is C13H18FN3O3S. The lowest BCUT2D eigenvalue weighted by Crippen LogP contribution is -2.49. The van der Waals surface area contributed by atoms with Crippen LogP contribution in [-0.2, 0) is 10.0 Å². The quantitative estimate of drug-likeness (QED) is 0.797. The number of nitrogen functional groups attached to an aromatic ring is 1. The van der Waals surface area contributed by atoms with Gasteiger partial charge in [-0.25, -0.2) is 17.5 Å². The average Bonchev–Trinajstić information content (AvgIpc) is 2.36. The maximum atomic E-state index is 13.0. The monoisotopic (exact) mass is 315 g/mol. The highest BCUT2D eigenvalue weighted by Crippen LogP contribution is 2.19. The zero-order chi connectivity index (χ0) is 15.6. The van der Waals surface area contributed by atoms with Crippen LogP contribution < -0.4 is 10.5 Å². The fourth-order valence-electron chi connectivity index (χ4n) is 2.46. The van der Waals surface area contributed by atoms with Gasteiger partial charge < -0.3 is 10.6 Å². The van der Waals surface area contributed by atoms with Gasteiger partial charge in [-0.15, -0.1) is 0 Å². The van der Waals surface area contributed by atoms with Crippen LogP contribution in [0.1, 0.15) is 23.2 Å². The van der Waals surface area contributed by atoms with Gasteiger partial charge in [0.2, 0.25) is 10.0 Å². The van der Waals surface area contributed by atoms with Crippen LogP contribution >= 0.6 is 0 Å². The summed E-state index contributed by atoms with van der Waals surface area (Å²) in [6, 6.07) is 3.32. The van der Waals surface area contributed by atoms with Gasteiger partial charge in [0, 0.05) is 24.8 Å².